The lowest BCUT2D eigenvalue weighted by Crippen LogP contribution is -2.26. The number of pyridine rings is 1. The molecule has 3 aromatic rings. The average molecular weight is 445 g/mol. The molecule has 2 aromatic heterocycles. The van der Waals surface area contributed by atoms with Crippen LogP contribution in [0.3, 0.4) is 0 Å². The summed E-state index contributed by atoms with van der Waals surface area (Å²) in [6.07, 6.45) is 3.94. The number of aromatic nitrogens is 4. The Morgan fingerprint density at radius 2 is 2.12 bits per heavy atom. The zero-order valence-electron chi connectivity index (χ0n) is 17.6. The van der Waals surface area contributed by atoms with Crippen molar-refractivity contribution >= 4 is 11.8 Å². The largest absolute Gasteiger partial charge is 0.442 e. The normalized spacial score (nSPS) is 27.8. The molecule has 1 saturated carbocycles. The van der Waals surface area contributed by atoms with Crippen LogP contribution in [0, 0.1) is 29.0 Å². The van der Waals surface area contributed by atoms with E-state index in [1.165, 1.54) is 11.0 Å². The minimum absolute atomic E-state index is 0.293. The second kappa shape index (κ2) is 7.35. The lowest BCUT2D eigenvalue weighted by atomic mass is 9.96. The first-order valence-corrected chi connectivity index (χ1v) is 10.8. The molecule has 1 amide bonds. The number of benzene rings is 1. The topological polar surface area (TPSA) is 109 Å². The van der Waals surface area contributed by atoms with Crippen molar-refractivity contribution in [1.29, 1.82) is 5.26 Å². The number of hydrogen-bond acceptors (Lipinski definition) is 7. The van der Waals surface area contributed by atoms with Gasteiger partial charge < -0.3 is 10.1 Å². The number of nitrogens with one attached hydrogen (secondary N) is 1. The molecule has 33 heavy (non-hydrogen) atoms. The van der Waals surface area contributed by atoms with Crippen molar-refractivity contribution in [1.82, 2.24) is 25.3 Å². The molecule has 1 aliphatic carbocycles. The van der Waals surface area contributed by atoms with Crippen LogP contribution < -0.4 is 10.2 Å². The van der Waals surface area contributed by atoms with E-state index >= 15 is 4.39 Å². The second-order valence-electron chi connectivity index (χ2n) is 8.69. The van der Waals surface area contributed by atoms with E-state index in [-0.39, 0.29) is 0 Å². The summed E-state index contributed by atoms with van der Waals surface area (Å²) < 4.78 is 22.0. The highest BCUT2D eigenvalue weighted by atomic mass is 19.1. The molecule has 4 heterocycles. The number of hydrogen-bond donors (Lipinski definition) is 1. The molecule has 0 radical (unpaired) electrons. The van der Waals surface area contributed by atoms with E-state index in [1.807, 2.05) is 6.07 Å². The van der Waals surface area contributed by atoms with E-state index < -0.39 is 23.4 Å². The summed E-state index contributed by atoms with van der Waals surface area (Å²) >= 11 is 0. The number of fused-ring (bicyclic) bond motifs is 1. The van der Waals surface area contributed by atoms with Crippen LogP contribution in [0.2, 0.25) is 0 Å². The number of carbonyl (C=O) groups is 1. The number of halogens is 1. The van der Waals surface area contributed by atoms with Gasteiger partial charge >= 0.3 is 6.09 Å². The van der Waals surface area contributed by atoms with E-state index in [4.69, 9.17) is 4.74 Å². The van der Waals surface area contributed by atoms with Gasteiger partial charge in [0.25, 0.3) is 0 Å². The fraction of sp³-hybridized carbons (Fsp3) is 0.348. The molecule has 4 atom stereocenters. The van der Waals surface area contributed by atoms with E-state index in [1.54, 1.807) is 41.5 Å². The molecular weight excluding hydrogens is 425 g/mol. The molecule has 1 N–H and O–H groups in total. The van der Waals surface area contributed by atoms with Crippen molar-refractivity contribution in [3.8, 4) is 17.2 Å². The van der Waals surface area contributed by atoms with Crippen LogP contribution in [0.25, 0.3) is 11.1 Å². The van der Waals surface area contributed by atoms with Gasteiger partial charge in [-0.1, -0.05) is 11.3 Å². The molecule has 2 aliphatic heterocycles. The molecule has 0 spiro atoms. The minimum atomic E-state index is -0.524. The third kappa shape index (κ3) is 3.08. The highest BCUT2D eigenvalue weighted by molar-refractivity contribution is 5.90. The van der Waals surface area contributed by atoms with Gasteiger partial charge in [-0.3, -0.25) is 9.88 Å². The van der Waals surface area contributed by atoms with Gasteiger partial charge in [0.15, 0.2) is 0 Å². The molecule has 9 nitrogen and oxygen atoms in total. The van der Waals surface area contributed by atoms with E-state index in [2.05, 4.69) is 26.7 Å². The van der Waals surface area contributed by atoms with Crippen LogP contribution in [0.4, 0.5) is 14.9 Å². The van der Waals surface area contributed by atoms with Gasteiger partial charge in [-0.25, -0.2) is 13.9 Å². The zero-order chi connectivity index (χ0) is 22.6. The minimum Gasteiger partial charge on any atom is -0.442 e. The Morgan fingerprint density at radius 3 is 2.79 bits per heavy atom. The van der Waals surface area contributed by atoms with E-state index in [0.29, 0.717) is 41.7 Å². The van der Waals surface area contributed by atoms with Gasteiger partial charge in [0.2, 0.25) is 0 Å². The number of rotatable bonds is 5. The molecule has 166 valence electrons. The first-order chi connectivity index (χ1) is 16.1. The van der Waals surface area contributed by atoms with Crippen molar-refractivity contribution in [2.75, 3.05) is 24.5 Å². The number of ether oxygens (including phenoxy) is 1. The van der Waals surface area contributed by atoms with Crippen LogP contribution in [-0.4, -0.2) is 51.8 Å². The van der Waals surface area contributed by atoms with E-state index in [9.17, 15) is 10.1 Å². The predicted octanol–water partition coefficient (Wildman–Crippen LogP) is 2.12. The summed E-state index contributed by atoms with van der Waals surface area (Å²) in [4.78, 5) is 18.3. The maximum atomic E-state index is 15.0. The molecule has 2 saturated heterocycles. The fourth-order valence-corrected chi connectivity index (χ4v) is 5.21. The number of carbonyl (C=O) groups excluding carboxylic acids is 1. The maximum Gasteiger partial charge on any atom is 0.414 e. The van der Waals surface area contributed by atoms with Gasteiger partial charge in [0.05, 0.1) is 36.7 Å². The van der Waals surface area contributed by atoms with Gasteiger partial charge in [-0.15, -0.1) is 5.10 Å². The number of amides is 1. The first kappa shape index (κ1) is 19.8. The van der Waals surface area contributed by atoms with Gasteiger partial charge in [-0.2, -0.15) is 5.26 Å². The molecule has 3 fully saturated rings. The molecule has 0 unspecified atom stereocenters. The highest BCUT2D eigenvalue weighted by Crippen LogP contribution is 2.60. The Bertz CT molecular complexity index is 1240. The molecular formula is C23H20FN7O2. The molecule has 3 aliphatic rings. The molecule has 10 heteroatoms. The second-order valence-corrected chi connectivity index (χ2v) is 8.69. The van der Waals surface area contributed by atoms with Gasteiger partial charge in [0.1, 0.15) is 17.3 Å². The van der Waals surface area contributed by atoms with Crippen molar-refractivity contribution in [3.63, 3.8) is 0 Å². The van der Waals surface area contributed by atoms with Crippen LogP contribution in [0.1, 0.15) is 5.69 Å². The van der Waals surface area contributed by atoms with Crippen LogP contribution in [0.15, 0.2) is 48.9 Å². The van der Waals surface area contributed by atoms with Crippen LogP contribution in [0.5, 0.6) is 0 Å². The maximum absolute atomic E-state index is 15.0. The summed E-state index contributed by atoms with van der Waals surface area (Å²) in [6.45, 7) is 2.33. The van der Waals surface area contributed by atoms with Crippen LogP contribution >= 0.6 is 0 Å². The smallest absolute Gasteiger partial charge is 0.414 e. The lowest BCUT2D eigenvalue weighted by molar-refractivity contribution is 0.129. The summed E-state index contributed by atoms with van der Waals surface area (Å²) in [5.41, 5.74) is 1.65. The molecule has 6 rings (SSSR count). The Labute approximate surface area is 188 Å². The number of nitrogens with zero attached hydrogens (tertiary/aromatic N) is 6. The molecule has 0 bridgehead atoms. The number of cyclic esters (lactones) is 1. The third-order valence-corrected chi connectivity index (χ3v) is 6.96. The Kier molecular flexibility index (Phi) is 4.41. The van der Waals surface area contributed by atoms with Gasteiger partial charge in [-0.05, 0) is 24.3 Å². The van der Waals surface area contributed by atoms with Gasteiger partial charge in [0, 0.05) is 48.4 Å². The summed E-state index contributed by atoms with van der Waals surface area (Å²) in [6, 6.07) is 10.8. The summed E-state index contributed by atoms with van der Waals surface area (Å²) in [5, 5.41) is 20.7. The SMILES string of the molecule is N#C[C@]1(c2ccc(-c3ccc(N4C[C@H](Cn5ccnn5)OC4=O)cc3F)cn2)[C@@H]2CNC[C@@H]21. The lowest BCUT2D eigenvalue weighted by Gasteiger charge is -2.15. The summed E-state index contributed by atoms with van der Waals surface area (Å²) in [7, 11) is 0. The zero-order valence-corrected chi connectivity index (χ0v) is 17.6. The third-order valence-electron chi connectivity index (χ3n) is 6.96. The predicted molar refractivity (Wildman–Crippen MR) is 114 cm³/mol. The quantitative estimate of drug-likeness (QED) is 0.641. The summed E-state index contributed by atoms with van der Waals surface area (Å²) in [5.74, 6) is 0.132. The molecule has 1 aromatic carbocycles. The van der Waals surface area contributed by atoms with Crippen molar-refractivity contribution in [3.05, 3.63) is 60.4 Å². The van der Waals surface area contributed by atoms with Crippen molar-refractivity contribution in [2.45, 2.75) is 18.1 Å². The van der Waals surface area contributed by atoms with Crippen molar-refractivity contribution in [2.24, 2.45) is 11.8 Å². The number of nitriles is 1. The standard InChI is InChI=1S/C23H20FN7O2/c24-20-7-15(31-12-16(33-22(31)32)11-30-6-5-28-29-30)2-3-17(20)14-1-4-21(27-8-14)23(13-25)18-9-26-10-19(18)23/h1-8,16,18-19,26H,9-12H2/t16-,18-,19+,23+/m0/s1. The monoisotopic (exact) mass is 445 g/mol. The van der Waals surface area contributed by atoms with Crippen molar-refractivity contribution < 1.29 is 13.9 Å². The Morgan fingerprint density at radius 1 is 1.27 bits per heavy atom. The highest BCUT2D eigenvalue weighted by Gasteiger charge is 2.69. The fourth-order valence-electron chi connectivity index (χ4n) is 5.21. The Balaban J connectivity index is 1.20. The van der Waals surface area contributed by atoms with E-state index in [0.717, 1.165) is 18.8 Å². The average Bonchev–Trinajstić information content (AvgIpc) is 3.35. The Hall–Kier alpha value is -3.84. The number of anilines is 1. The van der Waals surface area contributed by atoms with Crippen LogP contribution in [-0.2, 0) is 16.7 Å². The first-order valence-electron chi connectivity index (χ1n) is 10.8. The number of piperidine rings is 1.